The molecule has 2 rings (SSSR count). The molecule has 88 valence electrons. The Morgan fingerprint density at radius 1 is 1.19 bits per heavy atom. The second kappa shape index (κ2) is 5.26. The molecule has 1 aromatic carbocycles. The van der Waals surface area contributed by atoms with Crippen molar-refractivity contribution in [3.05, 3.63) is 24.3 Å². The van der Waals surface area contributed by atoms with Crippen LogP contribution in [0.2, 0.25) is 0 Å². The van der Waals surface area contributed by atoms with Gasteiger partial charge in [0.2, 0.25) is 0 Å². The van der Waals surface area contributed by atoms with Crippen molar-refractivity contribution >= 4 is 22.7 Å². The molecular formula is C9H13NO4P2. The summed E-state index contributed by atoms with van der Waals surface area (Å²) in [5.41, 5.74) is 0.949. The lowest BCUT2D eigenvalue weighted by Crippen LogP contribution is -2.10. The third-order valence-corrected chi connectivity index (χ3v) is 5.25. The first-order valence-electron chi connectivity index (χ1n) is 4.61. The largest absolute Gasteiger partial charge is 0.429 e. The van der Waals surface area contributed by atoms with Crippen LogP contribution >= 0.6 is 17.1 Å². The van der Waals surface area contributed by atoms with Gasteiger partial charge in [-0.1, -0.05) is 12.1 Å². The number of nitrogens with zero attached hydrogens (tertiary/aromatic N) is 1. The first-order chi connectivity index (χ1) is 7.81. The van der Waals surface area contributed by atoms with Crippen molar-refractivity contribution in [3.63, 3.8) is 0 Å². The highest BCUT2D eigenvalue weighted by molar-refractivity contribution is 7.68. The SMILES string of the molecule is COP(OC)N1c2ccccc2OP1OC. The Labute approximate surface area is 97.2 Å². The lowest BCUT2D eigenvalue weighted by molar-refractivity contribution is 0.339. The Morgan fingerprint density at radius 2 is 1.88 bits per heavy atom. The molecule has 1 aliphatic rings. The predicted molar refractivity (Wildman–Crippen MR) is 64.4 cm³/mol. The molecule has 1 atom stereocenters. The maximum absolute atomic E-state index is 5.68. The van der Waals surface area contributed by atoms with E-state index in [1.54, 1.807) is 21.3 Å². The number of fused-ring (bicyclic) bond motifs is 1. The highest BCUT2D eigenvalue weighted by Gasteiger charge is 2.39. The van der Waals surface area contributed by atoms with Crippen LogP contribution in [0.3, 0.4) is 0 Å². The van der Waals surface area contributed by atoms with Crippen molar-refractivity contribution in [1.29, 1.82) is 0 Å². The van der Waals surface area contributed by atoms with Crippen molar-refractivity contribution in [2.45, 2.75) is 0 Å². The zero-order valence-corrected chi connectivity index (χ0v) is 11.1. The van der Waals surface area contributed by atoms with Gasteiger partial charge in [-0.2, -0.15) is 0 Å². The fourth-order valence-electron chi connectivity index (χ4n) is 1.40. The molecule has 0 aromatic heterocycles. The van der Waals surface area contributed by atoms with Crippen LogP contribution in [0.5, 0.6) is 5.75 Å². The first-order valence-corrected chi connectivity index (χ1v) is 6.87. The summed E-state index contributed by atoms with van der Waals surface area (Å²) >= 11 is 0. The summed E-state index contributed by atoms with van der Waals surface area (Å²) in [6.45, 7) is 0. The fraction of sp³-hybridized carbons (Fsp3) is 0.333. The van der Waals surface area contributed by atoms with Gasteiger partial charge in [-0.25, -0.2) is 4.44 Å². The maximum Gasteiger partial charge on any atom is 0.360 e. The van der Waals surface area contributed by atoms with E-state index in [2.05, 4.69) is 0 Å². The first kappa shape index (κ1) is 12.0. The van der Waals surface area contributed by atoms with Crippen molar-refractivity contribution in [2.24, 2.45) is 0 Å². The molecule has 0 N–H and O–H groups in total. The van der Waals surface area contributed by atoms with E-state index in [0.717, 1.165) is 11.4 Å². The molecule has 0 fully saturated rings. The normalized spacial score (nSPS) is 18.8. The summed E-state index contributed by atoms with van der Waals surface area (Å²) in [7, 11) is 2.49. The second-order valence-corrected chi connectivity index (χ2v) is 6.22. The molecule has 1 unspecified atom stereocenters. The summed E-state index contributed by atoms with van der Waals surface area (Å²) < 4.78 is 23.5. The quantitative estimate of drug-likeness (QED) is 0.778. The smallest absolute Gasteiger partial charge is 0.360 e. The number of para-hydroxylation sites is 2. The number of hydrogen-bond donors (Lipinski definition) is 0. The van der Waals surface area contributed by atoms with E-state index in [-0.39, 0.29) is 0 Å². The summed E-state index contributed by atoms with van der Waals surface area (Å²) in [5.74, 6) is 0.803. The number of anilines is 1. The minimum Gasteiger partial charge on any atom is -0.429 e. The highest BCUT2D eigenvalue weighted by atomic mass is 31.2. The molecule has 0 saturated carbocycles. The van der Waals surface area contributed by atoms with Crippen molar-refractivity contribution in [2.75, 3.05) is 25.8 Å². The fourth-order valence-corrected chi connectivity index (χ4v) is 4.42. The molecule has 1 heterocycles. The molecule has 0 bridgehead atoms. The molecule has 1 aromatic rings. The number of benzene rings is 1. The van der Waals surface area contributed by atoms with Crippen LogP contribution in [0.15, 0.2) is 24.3 Å². The van der Waals surface area contributed by atoms with Crippen LogP contribution in [0.4, 0.5) is 5.69 Å². The summed E-state index contributed by atoms with van der Waals surface area (Å²) in [4.78, 5) is 0. The Hall–Kier alpha value is -0.440. The van der Waals surface area contributed by atoms with Gasteiger partial charge >= 0.3 is 8.53 Å². The molecule has 0 radical (unpaired) electrons. The number of rotatable bonds is 4. The van der Waals surface area contributed by atoms with Crippen molar-refractivity contribution < 1.29 is 18.1 Å². The number of hydrogen-bond acceptors (Lipinski definition) is 5. The Bertz CT molecular complexity index is 354. The molecule has 1 aliphatic heterocycles. The van der Waals surface area contributed by atoms with E-state index in [4.69, 9.17) is 18.1 Å². The second-order valence-electron chi connectivity index (χ2n) is 2.87. The minimum atomic E-state index is -1.18. The van der Waals surface area contributed by atoms with E-state index >= 15 is 0 Å². The van der Waals surface area contributed by atoms with Crippen LogP contribution in [0, 0.1) is 0 Å². The molecule has 0 spiro atoms. The molecule has 0 amide bonds. The summed E-state index contributed by atoms with van der Waals surface area (Å²) in [6.07, 6.45) is 0. The third kappa shape index (κ3) is 2.02. The Kier molecular flexibility index (Phi) is 3.95. The lowest BCUT2D eigenvalue weighted by Gasteiger charge is -2.26. The predicted octanol–water partition coefficient (Wildman–Crippen LogP) is 3.28. The molecule has 7 heteroatoms. The van der Waals surface area contributed by atoms with Crippen LogP contribution in [-0.2, 0) is 13.6 Å². The molecule has 5 nitrogen and oxygen atoms in total. The van der Waals surface area contributed by atoms with Gasteiger partial charge in [0.1, 0.15) is 0 Å². The van der Waals surface area contributed by atoms with E-state index in [1.807, 2.05) is 28.7 Å². The van der Waals surface area contributed by atoms with Crippen LogP contribution in [0.1, 0.15) is 0 Å². The van der Waals surface area contributed by atoms with Gasteiger partial charge in [0.15, 0.2) is 5.75 Å². The van der Waals surface area contributed by atoms with Crippen molar-refractivity contribution in [3.8, 4) is 5.75 Å². The minimum absolute atomic E-state index is 0.803. The van der Waals surface area contributed by atoms with Gasteiger partial charge in [-0.05, 0) is 12.1 Å². The topological polar surface area (TPSA) is 40.2 Å². The van der Waals surface area contributed by atoms with Gasteiger partial charge in [0.05, 0.1) is 5.69 Å². The van der Waals surface area contributed by atoms with Gasteiger partial charge in [0, 0.05) is 21.3 Å². The molecule has 0 aliphatic carbocycles. The van der Waals surface area contributed by atoms with Crippen molar-refractivity contribution in [1.82, 2.24) is 0 Å². The lowest BCUT2D eigenvalue weighted by atomic mass is 10.3. The van der Waals surface area contributed by atoms with Gasteiger partial charge in [-0.15, -0.1) is 0 Å². The summed E-state index contributed by atoms with van der Waals surface area (Å²) in [5, 5.41) is 0. The third-order valence-electron chi connectivity index (χ3n) is 2.04. The monoisotopic (exact) mass is 261 g/mol. The highest BCUT2D eigenvalue weighted by Crippen LogP contribution is 2.66. The van der Waals surface area contributed by atoms with Gasteiger partial charge < -0.3 is 18.1 Å². The average Bonchev–Trinajstić information content (AvgIpc) is 2.70. The van der Waals surface area contributed by atoms with Gasteiger partial charge in [-0.3, -0.25) is 0 Å². The molecular weight excluding hydrogens is 248 g/mol. The van der Waals surface area contributed by atoms with E-state index in [0.29, 0.717) is 0 Å². The zero-order valence-electron chi connectivity index (χ0n) is 9.28. The Morgan fingerprint density at radius 3 is 2.50 bits per heavy atom. The van der Waals surface area contributed by atoms with E-state index in [1.165, 1.54) is 0 Å². The van der Waals surface area contributed by atoms with Gasteiger partial charge in [0.25, 0.3) is 8.53 Å². The van der Waals surface area contributed by atoms with Crippen LogP contribution < -0.4 is 8.96 Å². The Balaban J connectivity index is 2.33. The van der Waals surface area contributed by atoms with E-state index in [9.17, 15) is 0 Å². The zero-order chi connectivity index (χ0) is 11.5. The molecule has 16 heavy (non-hydrogen) atoms. The van der Waals surface area contributed by atoms with E-state index < -0.39 is 17.1 Å². The molecule has 0 saturated heterocycles. The standard InChI is InChI=1S/C9H13NO4P2/c1-11-15(12-2)10-8-6-4-5-7-9(8)14-16(10)13-3/h4-7H,1-3H3. The average molecular weight is 261 g/mol. The maximum atomic E-state index is 5.68. The summed E-state index contributed by atoms with van der Waals surface area (Å²) in [6, 6.07) is 7.74. The van der Waals surface area contributed by atoms with Crippen LogP contribution in [-0.4, -0.2) is 21.3 Å². The van der Waals surface area contributed by atoms with Crippen LogP contribution in [0.25, 0.3) is 0 Å².